The lowest BCUT2D eigenvalue weighted by Crippen LogP contribution is -2.34. The van der Waals surface area contributed by atoms with Gasteiger partial charge in [0.05, 0.1) is 0 Å². The lowest BCUT2D eigenvalue weighted by molar-refractivity contribution is -0.125. The van der Waals surface area contributed by atoms with Crippen LogP contribution in [0.15, 0.2) is 60.7 Å². The Kier molecular flexibility index (Phi) is 10.1. The molecule has 0 aromatic heterocycles. The van der Waals surface area contributed by atoms with Crippen LogP contribution in [-0.4, -0.2) is 35.6 Å². The molecular formula is C33H47NOP2. The quantitative estimate of drug-likeness (QED) is 0.326. The van der Waals surface area contributed by atoms with Crippen molar-refractivity contribution in [2.45, 2.75) is 101 Å². The monoisotopic (exact) mass is 535 g/mol. The number of carbonyl (C=O) groups is 1. The van der Waals surface area contributed by atoms with Gasteiger partial charge in [-0.2, -0.15) is 0 Å². The third-order valence-electron chi connectivity index (χ3n) is 9.32. The fourth-order valence-electron chi connectivity index (χ4n) is 7.63. The second-order valence-electron chi connectivity index (χ2n) is 11.7. The van der Waals surface area contributed by atoms with Crippen molar-refractivity contribution in [3.8, 4) is 0 Å². The van der Waals surface area contributed by atoms with Gasteiger partial charge in [0.2, 0.25) is 5.91 Å². The van der Waals surface area contributed by atoms with Gasteiger partial charge in [0.1, 0.15) is 0 Å². The molecule has 1 N–H and O–H groups in total. The van der Waals surface area contributed by atoms with Crippen molar-refractivity contribution in [2.75, 3.05) is 12.7 Å². The minimum absolute atomic E-state index is 0.00830. The first-order valence-corrected chi connectivity index (χ1v) is 18.2. The van der Waals surface area contributed by atoms with E-state index in [0.29, 0.717) is 11.8 Å². The van der Waals surface area contributed by atoms with Crippen molar-refractivity contribution < 1.29 is 4.79 Å². The third kappa shape index (κ3) is 6.86. The van der Waals surface area contributed by atoms with Crippen molar-refractivity contribution in [3.63, 3.8) is 0 Å². The Morgan fingerprint density at radius 1 is 0.730 bits per heavy atom. The molecule has 200 valence electrons. The van der Waals surface area contributed by atoms with Crippen LogP contribution in [0.3, 0.4) is 0 Å². The van der Waals surface area contributed by atoms with Gasteiger partial charge in [0.15, 0.2) is 0 Å². The Morgan fingerprint density at radius 2 is 1.24 bits per heavy atom. The van der Waals surface area contributed by atoms with Crippen LogP contribution in [0.1, 0.15) is 84.0 Å². The largest absolute Gasteiger partial charge is 0.356 e. The summed E-state index contributed by atoms with van der Waals surface area (Å²) < 4.78 is 0. The molecule has 3 aliphatic carbocycles. The normalized spacial score (nSPS) is 25.5. The van der Waals surface area contributed by atoms with Gasteiger partial charge in [0, 0.05) is 12.5 Å². The molecule has 2 nitrogen and oxygen atoms in total. The topological polar surface area (TPSA) is 29.1 Å². The van der Waals surface area contributed by atoms with E-state index in [0.717, 1.165) is 36.1 Å². The van der Waals surface area contributed by atoms with Gasteiger partial charge in [-0.05, 0) is 93.0 Å². The van der Waals surface area contributed by atoms with Gasteiger partial charge in [-0.3, -0.25) is 4.79 Å². The van der Waals surface area contributed by atoms with Gasteiger partial charge in [0.25, 0.3) is 0 Å². The molecule has 5 rings (SSSR count). The zero-order chi connectivity index (χ0) is 25.5. The summed E-state index contributed by atoms with van der Waals surface area (Å²) in [7, 11) is -0.454. The van der Waals surface area contributed by atoms with Crippen LogP contribution in [0.5, 0.6) is 0 Å². The molecule has 3 aliphatic rings. The van der Waals surface area contributed by atoms with Crippen molar-refractivity contribution in [1.82, 2.24) is 5.32 Å². The lowest BCUT2D eigenvalue weighted by Gasteiger charge is -2.42. The zero-order valence-electron chi connectivity index (χ0n) is 22.9. The molecular weight excluding hydrogens is 488 g/mol. The number of hydrogen-bond donors (Lipinski definition) is 1. The summed E-state index contributed by atoms with van der Waals surface area (Å²) in [6.45, 7) is 2.83. The summed E-state index contributed by atoms with van der Waals surface area (Å²) in [5.41, 5.74) is 2.73. The average Bonchev–Trinajstić information content (AvgIpc) is 3.37. The molecule has 2 aromatic rings. The molecule has 37 heavy (non-hydrogen) atoms. The highest BCUT2D eigenvalue weighted by atomic mass is 31.1. The molecule has 3 saturated carbocycles. The van der Waals surface area contributed by atoms with Crippen molar-refractivity contribution in [1.29, 1.82) is 0 Å². The smallest absolute Gasteiger partial charge is 0.223 e. The van der Waals surface area contributed by atoms with E-state index >= 15 is 0 Å². The Hall–Kier alpha value is -1.23. The highest BCUT2D eigenvalue weighted by Crippen LogP contribution is 2.64. The van der Waals surface area contributed by atoms with Crippen molar-refractivity contribution in [3.05, 3.63) is 60.7 Å². The van der Waals surface area contributed by atoms with Crippen LogP contribution in [0.2, 0.25) is 0 Å². The fraction of sp³-hybridized carbons (Fsp3) is 0.606. The summed E-state index contributed by atoms with van der Waals surface area (Å²) in [5, 5.41) is 6.19. The number of rotatable bonds is 9. The van der Waals surface area contributed by atoms with Gasteiger partial charge in [-0.25, -0.2) is 0 Å². The molecule has 2 aromatic carbocycles. The molecule has 0 spiro atoms. The number of amides is 1. The number of hydrogen-bond acceptors (Lipinski definition) is 1. The Bertz CT molecular complexity index is 897. The van der Waals surface area contributed by atoms with Gasteiger partial charge < -0.3 is 5.32 Å². The summed E-state index contributed by atoms with van der Waals surface area (Å²) >= 11 is 0. The Morgan fingerprint density at radius 3 is 1.73 bits per heavy atom. The summed E-state index contributed by atoms with van der Waals surface area (Å²) in [4.78, 5) is 13.5. The van der Waals surface area contributed by atoms with Gasteiger partial charge in [-0.15, -0.1) is 0 Å². The lowest BCUT2D eigenvalue weighted by atomic mass is 9.97. The van der Waals surface area contributed by atoms with E-state index in [1.165, 1.54) is 81.2 Å². The highest BCUT2D eigenvalue weighted by Gasteiger charge is 2.46. The molecule has 0 radical (unpaired) electrons. The molecule has 3 unspecified atom stereocenters. The van der Waals surface area contributed by atoms with E-state index in [1.54, 1.807) is 0 Å². The van der Waals surface area contributed by atoms with Crippen LogP contribution < -0.4 is 15.9 Å². The van der Waals surface area contributed by atoms with E-state index in [2.05, 4.69) is 72.9 Å². The Balaban J connectivity index is 1.43. The SMILES string of the molecule is CCNC(=O)C1CC(P(C2CCCCC2)C2CCCCC2)CC1CP(c1ccccc1)c1ccccc1. The van der Waals surface area contributed by atoms with E-state index in [4.69, 9.17) is 0 Å². The number of carbonyl (C=O) groups excluding carboxylic acids is 1. The zero-order valence-corrected chi connectivity index (χ0v) is 24.7. The first-order chi connectivity index (χ1) is 18.2. The molecule has 4 heteroatoms. The first-order valence-electron chi connectivity index (χ1n) is 15.2. The average molecular weight is 536 g/mol. The standard InChI is InChI=1S/C33H47NOP2/c1-2-34-33(35)32-24-31(37(29-19-11-5-12-20-29)30-21-13-6-14-22-30)23-26(32)25-36(27-15-7-3-8-16-27)28-17-9-4-10-18-28/h3-4,7-10,15-18,26,29-32H,2,5-6,11-14,19-25H2,1H3,(H,34,35). The summed E-state index contributed by atoms with van der Waals surface area (Å²) in [6, 6.07) is 22.3. The number of nitrogens with one attached hydrogen (secondary N) is 1. The van der Waals surface area contributed by atoms with E-state index in [1.807, 2.05) is 0 Å². The Labute approximate surface area is 228 Å². The molecule has 3 atom stereocenters. The fourth-order valence-corrected chi connectivity index (χ4v) is 15.0. The predicted molar refractivity (Wildman–Crippen MR) is 163 cm³/mol. The van der Waals surface area contributed by atoms with E-state index in [9.17, 15) is 4.79 Å². The second-order valence-corrected chi connectivity index (χ2v) is 17.0. The van der Waals surface area contributed by atoms with Crippen LogP contribution in [-0.2, 0) is 4.79 Å². The molecule has 0 bridgehead atoms. The maximum Gasteiger partial charge on any atom is 0.223 e. The van der Waals surface area contributed by atoms with Crippen LogP contribution in [0.25, 0.3) is 0 Å². The predicted octanol–water partition coefficient (Wildman–Crippen LogP) is 7.80. The van der Waals surface area contributed by atoms with Crippen molar-refractivity contribution in [2.24, 2.45) is 11.8 Å². The molecule has 0 saturated heterocycles. The van der Waals surface area contributed by atoms with E-state index in [-0.39, 0.29) is 13.8 Å². The second kappa shape index (κ2) is 13.7. The minimum Gasteiger partial charge on any atom is -0.356 e. The van der Waals surface area contributed by atoms with Crippen LogP contribution >= 0.6 is 15.8 Å². The van der Waals surface area contributed by atoms with Crippen LogP contribution in [0.4, 0.5) is 0 Å². The molecule has 0 aliphatic heterocycles. The minimum atomic E-state index is -0.463. The third-order valence-corrected chi connectivity index (χ3v) is 16.0. The maximum atomic E-state index is 13.5. The maximum absolute atomic E-state index is 13.5. The summed E-state index contributed by atoms with van der Waals surface area (Å²) in [5.74, 6) is 1.04. The summed E-state index contributed by atoms with van der Waals surface area (Å²) in [6.07, 6.45) is 18.1. The molecule has 1 amide bonds. The van der Waals surface area contributed by atoms with Crippen molar-refractivity contribution >= 4 is 32.4 Å². The van der Waals surface area contributed by atoms with Gasteiger partial charge >= 0.3 is 0 Å². The highest BCUT2D eigenvalue weighted by molar-refractivity contribution is 7.73. The molecule has 0 heterocycles. The van der Waals surface area contributed by atoms with Crippen LogP contribution in [0, 0.1) is 11.8 Å². The van der Waals surface area contributed by atoms with Gasteiger partial charge in [-0.1, -0.05) is 107 Å². The van der Waals surface area contributed by atoms with E-state index < -0.39 is 7.92 Å². The number of benzene rings is 2. The first kappa shape index (κ1) is 27.3. The molecule has 3 fully saturated rings.